The Kier molecular flexibility index (Phi) is 7.33. The van der Waals surface area contributed by atoms with Crippen molar-refractivity contribution in [2.45, 2.75) is 45.8 Å². The van der Waals surface area contributed by atoms with Gasteiger partial charge in [-0.05, 0) is 55.5 Å². The molecule has 3 aromatic carbocycles. The van der Waals surface area contributed by atoms with E-state index < -0.39 is 6.04 Å². The van der Waals surface area contributed by atoms with Gasteiger partial charge in [-0.2, -0.15) is 0 Å². The second-order valence-corrected chi connectivity index (χ2v) is 9.65. The van der Waals surface area contributed by atoms with Gasteiger partial charge < -0.3 is 10.2 Å². The van der Waals surface area contributed by atoms with Gasteiger partial charge in [0.25, 0.3) is 5.91 Å². The van der Waals surface area contributed by atoms with Crippen molar-refractivity contribution in [1.29, 1.82) is 0 Å². The Hall–Kier alpha value is -3.09. The molecule has 3 aromatic rings. The molecular weight excluding hydrogens is 485 g/mol. The summed E-state index contributed by atoms with van der Waals surface area (Å²) in [4.78, 5) is 42.8. The molecule has 0 unspecified atom stereocenters. The number of carbonyl (C=O) groups excluding carboxylic acids is 3. The quantitative estimate of drug-likeness (QED) is 0.437. The predicted octanol–water partition coefficient (Wildman–Crippen LogP) is 5.44. The predicted molar refractivity (Wildman–Crippen MR) is 140 cm³/mol. The number of halogens is 2. The first-order valence-electron chi connectivity index (χ1n) is 11.6. The number of rotatable bonds is 8. The van der Waals surface area contributed by atoms with E-state index in [-0.39, 0.29) is 36.9 Å². The standard InChI is InChI=1S/C27H27Cl2N3O3/c1-4-16(2)30-26(34)17(3)31(14-18-11-12-21(28)22(29)13-18)24(33)15-32-23-10-6-8-19-7-5-9-20(25(19)23)27(32)35/h5-13,16-17H,4,14-15H2,1-3H3,(H,30,34)/t16-,17-/m1/s1. The summed E-state index contributed by atoms with van der Waals surface area (Å²) in [6.07, 6.45) is 0.768. The van der Waals surface area contributed by atoms with E-state index >= 15 is 0 Å². The topological polar surface area (TPSA) is 69.7 Å². The summed E-state index contributed by atoms with van der Waals surface area (Å²) in [5.74, 6) is -0.830. The Morgan fingerprint density at radius 3 is 2.43 bits per heavy atom. The van der Waals surface area contributed by atoms with Crippen LogP contribution in [0.3, 0.4) is 0 Å². The van der Waals surface area contributed by atoms with Crippen LogP contribution in [-0.4, -0.2) is 41.2 Å². The van der Waals surface area contributed by atoms with Crippen molar-refractivity contribution in [3.05, 3.63) is 75.8 Å². The van der Waals surface area contributed by atoms with Gasteiger partial charge in [-0.15, -0.1) is 0 Å². The number of anilines is 1. The first-order chi connectivity index (χ1) is 16.7. The van der Waals surface area contributed by atoms with Gasteiger partial charge in [0.1, 0.15) is 12.6 Å². The van der Waals surface area contributed by atoms with Crippen molar-refractivity contribution in [3.63, 3.8) is 0 Å². The molecule has 0 radical (unpaired) electrons. The van der Waals surface area contributed by atoms with Crippen LogP contribution < -0.4 is 10.2 Å². The number of amides is 3. The second-order valence-electron chi connectivity index (χ2n) is 8.84. The largest absolute Gasteiger partial charge is 0.352 e. The minimum absolute atomic E-state index is 0.0286. The maximum atomic E-state index is 13.7. The van der Waals surface area contributed by atoms with E-state index in [1.165, 1.54) is 9.80 Å². The van der Waals surface area contributed by atoms with Crippen molar-refractivity contribution in [3.8, 4) is 0 Å². The third-order valence-electron chi connectivity index (χ3n) is 6.45. The zero-order valence-electron chi connectivity index (χ0n) is 19.8. The lowest BCUT2D eigenvalue weighted by Gasteiger charge is -2.31. The molecule has 1 N–H and O–H groups in total. The van der Waals surface area contributed by atoms with Crippen LogP contribution >= 0.6 is 23.2 Å². The maximum absolute atomic E-state index is 13.7. The van der Waals surface area contributed by atoms with Gasteiger partial charge >= 0.3 is 0 Å². The normalized spacial score (nSPS) is 14.2. The Labute approximate surface area is 214 Å². The number of carbonyl (C=O) groups is 3. The molecule has 0 spiro atoms. The molecule has 0 saturated heterocycles. The Morgan fingerprint density at radius 2 is 1.74 bits per heavy atom. The van der Waals surface area contributed by atoms with Gasteiger partial charge in [0.2, 0.25) is 11.8 Å². The monoisotopic (exact) mass is 511 g/mol. The van der Waals surface area contributed by atoms with Crippen LogP contribution in [0.4, 0.5) is 5.69 Å². The smallest absolute Gasteiger partial charge is 0.259 e. The van der Waals surface area contributed by atoms with Crippen molar-refractivity contribution < 1.29 is 14.4 Å². The highest BCUT2D eigenvalue weighted by Gasteiger charge is 2.34. The number of benzene rings is 3. The molecule has 2 atom stereocenters. The van der Waals surface area contributed by atoms with Crippen LogP contribution in [0.25, 0.3) is 10.8 Å². The van der Waals surface area contributed by atoms with Gasteiger partial charge in [0.05, 0.1) is 15.7 Å². The molecular formula is C27H27Cl2N3O3. The Morgan fingerprint density at radius 1 is 1.03 bits per heavy atom. The van der Waals surface area contributed by atoms with Gasteiger partial charge in [-0.3, -0.25) is 19.3 Å². The average Bonchev–Trinajstić information content (AvgIpc) is 3.12. The molecule has 3 amide bonds. The highest BCUT2D eigenvalue weighted by Crippen LogP contribution is 2.37. The fourth-order valence-corrected chi connectivity index (χ4v) is 4.57. The molecule has 182 valence electrons. The number of hydrogen-bond donors (Lipinski definition) is 1. The molecule has 4 rings (SSSR count). The van der Waals surface area contributed by atoms with Gasteiger partial charge in [0.15, 0.2) is 0 Å². The molecule has 8 heteroatoms. The second kappa shape index (κ2) is 10.3. The fraction of sp³-hybridized carbons (Fsp3) is 0.296. The Balaban J connectivity index is 1.63. The molecule has 0 fully saturated rings. The summed E-state index contributed by atoms with van der Waals surface area (Å²) < 4.78 is 0. The zero-order valence-corrected chi connectivity index (χ0v) is 21.4. The number of nitrogens with zero attached hydrogens (tertiary/aromatic N) is 2. The minimum atomic E-state index is -0.762. The molecule has 6 nitrogen and oxygen atoms in total. The van der Waals surface area contributed by atoms with E-state index in [9.17, 15) is 14.4 Å². The van der Waals surface area contributed by atoms with E-state index in [1.807, 2.05) is 44.2 Å². The van der Waals surface area contributed by atoms with E-state index in [1.54, 1.807) is 31.2 Å². The lowest BCUT2D eigenvalue weighted by Crippen LogP contribution is -2.52. The maximum Gasteiger partial charge on any atom is 0.259 e. The molecule has 0 aliphatic carbocycles. The van der Waals surface area contributed by atoms with Crippen molar-refractivity contribution in [2.75, 3.05) is 11.4 Å². The average molecular weight is 512 g/mol. The minimum Gasteiger partial charge on any atom is -0.352 e. The summed E-state index contributed by atoms with van der Waals surface area (Å²) in [7, 11) is 0. The number of hydrogen-bond acceptors (Lipinski definition) is 3. The summed E-state index contributed by atoms with van der Waals surface area (Å²) in [6, 6.07) is 15.5. The highest BCUT2D eigenvalue weighted by molar-refractivity contribution is 6.42. The summed E-state index contributed by atoms with van der Waals surface area (Å²) >= 11 is 12.2. The van der Waals surface area contributed by atoms with E-state index in [2.05, 4.69) is 5.32 Å². The van der Waals surface area contributed by atoms with Crippen LogP contribution in [0.15, 0.2) is 54.6 Å². The van der Waals surface area contributed by atoms with E-state index in [0.29, 0.717) is 21.3 Å². The van der Waals surface area contributed by atoms with Gasteiger partial charge in [-0.25, -0.2) is 0 Å². The molecule has 1 heterocycles. The molecule has 1 aliphatic heterocycles. The SMILES string of the molecule is CC[C@@H](C)NC(=O)[C@@H](C)N(Cc1ccc(Cl)c(Cl)c1)C(=O)CN1C(=O)c2cccc3cccc1c23. The van der Waals surface area contributed by atoms with Crippen LogP contribution in [0.2, 0.25) is 10.0 Å². The lowest BCUT2D eigenvalue weighted by molar-refractivity contribution is -0.139. The van der Waals surface area contributed by atoms with Crippen molar-refractivity contribution >= 4 is 57.4 Å². The van der Waals surface area contributed by atoms with Crippen LogP contribution in [0.5, 0.6) is 0 Å². The fourth-order valence-electron chi connectivity index (χ4n) is 4.25. The summed E-state index contributed by atoms with van der Waals surface area (Å²) in [6.45, 7) is 5.54. The van der Waals surface area contributed by atoms with E-state index in [0.717, 1.165) is 22.8 Å². The first kappa shape index (κ1) is 25.0. The third kappa shape index (κ3) is 5.00. The van der Waals surface area contributed by atoms with Crippen LogP contribution in [0.1, 0.15) is 43.1 Å². The van der Waals surface area contributed by atoms with Crippen LogP contribution in [0, 0.1) is 0 Å². The molecule has 1 aliphatic rings. The summed E-state index contributed by atoms with van der Waals surface area (Å²) in [5.41, 5.74) is 2.00. The third-order valence-corrected chi connectivity index (χ3v) is 7.19. The lowest BCUT2D eigenvalue weighted by atomic mass is 10.1. The molecule has 35 heavy (non-hydrogen) atoms. The van der Waals surface area contributed by atoms with Crippen molar-refractivity contribution in [2.24, 2.45) is 0 Å². The number of nitrogens with one attached hydrogen (secondary N) is 1. The van der Waals surface area contributed by atoms with Crippen molar-refractivity contribution in [1.82, 2.24) is 10.2 Å². The first-order valence-corrected chi connectivity index (χ1v) is 12.3. The zero-order chi connectivity index (χ0) is 25.3. The summed E-state index contributed by atoms with van der Waals surface area (Å²) in [5, 5.41) is 5.50. The van der Waals surface area contributed by atoms with Gasteiger partial charge in [-0.1, -0.05) is 60.5 Å². The molecule has 0 saturated carbocycles. The van der Waals surface area contributed by atoms with Gasteiger partial charge in [0, 0.05) is 23.5 Å². The van der Waals surface area contributed by atoms with Crippen LogP contribution in [-0.2, 0) is 16.1 Å². The van der Waals surface area contributed by atoms with E-state index in [4.69, 9.17) is 23.2 Å². The molecule has 0 bridgehead atoms. The Bertz CT molecular complexity index is 1300. The highest BCUT2D eigenvalue weighted by atomic mass is 35.5. The molecule has 0 aromatic heterocycles.